The number of rotatable bonds is 7. The van der Waals surface area contributed by atoms with E-state index in [0.717, 1.165) is 12.8 Å². The van der Waals surface area contributed by atoms with Crippen molar-refractivity contribution in [3.8, 4) is 0 Å². The van der Waals surface area contributed by atoms with E-state index in [0.29, 0.717) is 30.2 Å². The molecule has 10 heteroatoms. The first-order valence-corrected chi connectivity index (χ1v) is 11.2. The quantitative estimate of drug-likeness (QED) is 0.618. The zero-order valence-corrected chi connectivity index (χ0v) is 17.7. The number of benzene rings is 1. The van der Waals surface area contributed by atoms with E-state index in [-0.39, 0.29) is 29.3 Å². The zero-order chi connectivity index (χ0) is 21.9. The van der Waals surface area contributed by atoms with Gasteiger partial charge in [-0.15, -0.1) is 0 Å². The van der Waals surface area contributed by atoms with Crippen LogP contribution in [-0.4, -0.2) is 49.8 Å². The third-order valence-electron chi connectivity index (χ3n) is 4.95. The fraction of sp³-hybridized carbons (Fsp3) is 0.400. The molecule has 30 heavy (non-hydrogen) atoms. The number of nitrogens with zero attached hydrogens (tertiary/aromatic N) is 1. The summed E-state index contributed by atoms with van der Waals surface area (Å²) in [5.41, 5.74) is 1.30. The molecule has 0 saturated carbocycles. The average molecular weight is 437 g/mol. The molecule has 3 N–H and O–H groups in total. The number of aromatic nitrogens is 1. The second-order valence-corrected chi connectivity index (χ2v) is 8.99. The number of anilines is 1. The number of aryl methyl sites for hydroxylation is 2. The molecule has 0 unspecified atom stereocenters. The van der Waals surface area contributed by atoms with Crippen molar-refractivity contribution >= 4 is 27.5 Å². The number of likely N-dealkylation sites (tertiary alicyclic amines) is 1. The lowest BCUT2D eigenvalue weighted by molar-refractivity contribution is -0.116. The Kier molecular flexibility index (Phi) is 6.57. The van der Waals surface area contributed by atoms with Gasteiger partial charge in [-0.2, -0.15) is 0 Å². The van der Waals surface area contributed by atoms with Gasteiger partial charge in [0.25, 0.3) is 5.91 Å². The highest BCUT2D eigenvalue weighted by molar-refractivity contribution is 7.89. The Morgan fingerprint density at radius 2 is 1.87 bits per heavy atom. The lowest BCUT2D eigenvalue weighted by atomic mass is 10.2. The number of hydrogen-bond acceptors (Lipinski definition) is 4. The minimum Gasteiger partial charge on any atom is -0.361 e. The molecule has 0 bridgehead atoms. The molecule has 1 aliphatic rings. The van der Waals surface area contributed by atoms with Gasteiger partial charge < -0.3 is 15.2 Å². The number of aromatic amines is 1. The molecule has 0 atom stereocenters. The minimum atomic E-state index is -4.02. The summed E-state index contributed by atoms with van der Waals surface area (Å²) >= 11 is 0. The molecule has 2 aromatic rings. The van der Waals surface area contributed by atoms with Crippen LogP contribution in [0.2, 0.25) is 0 Å². The summed E-state index contributed by atoms with van der Waals surface area (Å²) in [5, 5.41) is 2.51. The first-order valence-electron chi connectivity index (χ1n) is 9.72. The van der Waals surface area contributed by atoms with E-state index in [1.54, 1.807) is 18.7 Å². The second-order valence-electron chi connectivity index (χ2n) is 7.28. The van der Waals surface area contributed by atoms with Gasteiger partial charge in [-0.3, -0.25) is 9.59 Å². The molecule has 1 fully saturated rings. The predicted octanol–water partition coefficient (Wildman–Crippen LogP) is 2.31. The van der Waals surface area contributed by atoms with Crippen molar-refractivity contribution in [2.45, 2.75) is 38.0 Å². The van der Waals surface area contributed by atoms with Crippen molar-refractivity contribution in [2.24, 2.45) is 0 Å². The first-order chi connectivity index (χ1) is 14.2. The van der Waals surface area contributed by atoms with Crippen LogP contribution in [0.4, 0.5) is 10.1 Å². The molecule has 0 spiro atoms. The molecule has 1 aromatic heterocycles. The van der Waals surface area contributed by atoms with Crippen LogP contribution < -0.4 is 10.0 Å². The van der Waals surface area contributed by atoms with Crippen LogP contribution in [-0.2, 0) is 14.8 Å². The molecule has 0 aliphatic carbocycles. The lowest BCUT2D eigenvalue weighted by Gasteiger charge is -2.17. The Bertz CT molecular complexity index is 1060. The van der Waals surface area contributed by atoms with Crippen LogP contribution in [0.5, 0.6) is 0 Å². The van der Waals surface area contributed by atoms with Gasteiger partial charge in [0.15, 0.2) is 0 Å². The van der Waals surface area contributed by atoms with Crippen LogP contribution in [0.15, 0.2) is 29.2 Å². The number of carbonyl (C=O) groups excluding carboxylic acids is 2. The monoisotopic (exact) mass is 436 g/mol. The molecule has 1 aliphatic heterocycles. The third-order valence-corrected chi connectivity index (χ3v) is 6.58. The van der Waals surface area contributed by atoms with E-state index >= 15 is 0 Å². The predicted molar refractivity (Wildman–Crippen MR) is 110 cm³/mol. The van der Waals surface area contributed by atoms with E-state index < -0.39 is 21.7 Å². The highest BCUT2D eigenvalue weighted by Gasteiger charge is 2.32. The molecule has 3 rings (SSSR count). The second kappa shape index (κ2) is 8.97. The van der Waals surface area contributed by atoms with Gasteiger partial charge in [0.2, 0.25) is 15.9 Å². The number of hydrogen-bond donors (Lipinski definition) is 3. The Morgan fingerprint density at radius 3 is 2.53 bits per heavy atom. The fourth-order valence-corrected chi connectivity index (χ4v) is 5.07. The van der Waals surface area contributed by atoms with Crippen LogP contribution in [0.1, 0.15) is 41.0 Å². The summed E-state index contributed by atoms with van der Waals surface area (Å²) in [6.45, 7) is 4.32. The fourth-order valence-electron chi connectivity index (χ4n) is 3.59. The summed E-state index contributed by atoms with van der Waals surface area (Å²) < 4.78 is 41.4. The van der Waals surface area contributed by atoms with E-state index in [4.69, 9.17) is 0 Å². The van der Waals surface area contributed by atoms with Gasteiger partial charge in [0.05, 0.1) is 5.56 Å². The van der Waals surface area contributed by atoms with Crippen molar-refractivity contribution in [3.05, 3.63) is 47.0 Å². The SMILES string of the molecule is Cc1[nH]c(C)c(S(=O)(=O)NCCC(=O)Nc2cccc(F)c2)c1C(=O)N1CCCC1. The molecule has 0 radical (unpaired) electrons. The number of carbonyl (C=O) groups is 2. The zero-order valence-electron chi connectivity index (χ0n) is 16.9. The highest BCUT2D eigenvalue weighted by atomic mass is 32.2. The average Bonchev–Trinajstić information content (AvgIpc) is 3.29. The molecule has 1 saturated heterocycles. The minimum absolute atomic E-state index is 0.0811. The van der Waals surface area contributed by atoms with Crippen LogP contribution in [0, 0.1) is 19.7 Å². The molecule has 2 amide bonds. The Hall–Kier alpha value is -2.72. The number of amides is 2. The molecular formula is C20H25FN4O4S. The van der Waals surface area contributed by atoms with Crippen molar-refractivity contribution in [1.82, 2.24) is 14.6 Å². The maximum Gasteiger partial charge on any atom is 0.257 e. The molecule has 1 aromatic carbocycles. The summed E-state index contributed by atoms with van der Waals surface area (Å²) in [5.74, 6) is -1.25. The number of nitrogens with one attached hydrogen (secondary N) is 3. The standard InChI is InChI=1S/C20H25FN4O4S/c1-13-18(20(27)25-10-3-4-11-25)19(14(2)23-13)30(28,29)22-9-8-17(26)24-16-7-5-6-15(21)12-16/h5-7,12,22-23H,3-4,8-11H2,1-2H3,(H,24,26). The van der Waals surface area contributed by atoms with Crippen LogP contribution in [0.3, 0.4) is 0 Å². The van der Waals surface area contributed by atoms with Gasteiger partial charge in [0.1, 0.15) is 10.7 Å². The Labute approximate surface area is 174 Å². The number of H-pyrrole nitrogens is 1. The van der Waals surface area contributed by atoms with Crippen molar-refractivity contribution in [1.29, 1.82) is 0 Å². The van der Waals surface area contributed by atoms with Gasteiger partial charge in [-0.05, 0) is 44.9 Å². The Morgan fingerprint density at radius 1 is 1.17 bits per heavy atom. The maximum absolute atomic E-state index is 13.2. The maximum atomic E-state index is 13.2. The smallest absolute Gasteiger partial charge is 0.257 e. The summed E-state index contributed by atoms with van der Waals surface area (Å²) in [6.07, 6.45) is 1.65. The number of sulfonamides is 1. The summed E-state index contributed by atoms with van der Waals surface area (Å²) in [4.78, 5) is 29.4. The lowest BCUT2D eigenvalue weighted by Crippen LogP contribution is -2.32. The summed E-state index contributed by atoms with van der Waals surface area (Å²) in [7, 11) is -4.02. The highest BCUT2D eigenvalue weighted by Crippen LogP contribution is 2.26. The molecule has 8 nitrogen and oxygen atoms in total. The van der Waals surface area contributed by atoms with Crippen molar-refractivity contribution < 1.29 is 22.4 Å². The topological polar surface area (TPSA) is 111 Å². The van der Waals surface area contributed by atoms with E-state index in [9.17, 15) is 22.4 Å². The van der Waals surface area contributed by atoms with Gasteiger partial charge in [-0.25, -0.2) is 17.5 Å². The van der Waals surface area contributed by atoms with Crippen molar-refractivity contribution in [3.63, 3.8) is 0 Å². The van der Waals surface area contributed by atoms with E-state index in [1.807, 2.05) is 0 Å². The van der Waals surface area contributed by atoms with Gasteiger partial charge in [0, 0.05) is 43.1 Å². The normalized spacial score (nSPS) is 14.2. The van der Waals surface area contributed by atoms with E-state index in [2.05, 4.69) is 15.0 Å². The van der Waals surface area contributed by atoms with Gasteiger partial charge >= 0.3 is 0 Å². The van der Waals surface area contributed by atoms with Gasteiger partial charge in [-0.1, -0.05) is 6.07 Å². The Balaban J connectivity index is 1.68. The molecule has 2 heterocycles. The molecular weight excluding hydrogens is 411 g/mol. The van der Waals surface area contributed by atoms with Crippen LogP contribution >= 0.6 is 0 Å². The number of halogens is 1. The molecule has 162 valence electrons. The van der Waals surface area contributed by atoms with Crippen molar-refractivity contribution in [2.75, 3.05) is 25.0 Å². The largest absolute Gasteiger partial charge is 0.361 e. The van der Waals surface area contributed by atoms with E-state index in [1.165, 1.54) is 24.3 Å². The first kappa shape index (κ1) is 22.0. The summed E-state index contributed by atoms with van der Waals surface area (Å²) in [6, 6.07) is 5.42. The van der Waals surface area contributed by atoms with Crippen LogP contribution in [0.25, 0.3) is 0 Å². The third kappa shape index (κ3) is 4.88.